The fraction of sp³-hybridized carbons (Fsp3) is 0.0625. The quantitative estimate of drug-likeness (QED) is 0.770. The lowest BCUT2D eigenvalue weighted by Crippen LogP contribution is -2.08. The number of amides is 1. The molecule has 0 saturated carbocycles. The van der Waals surface area contributed by atoms with Gasteiger partial charge in [0.1, 0.15) is 0 Å². The van der Waals surface area contributed by atoms with E-state index in [1.54, 1.807) is 12.1 Å². The molecule has 0 heterocycles. The van der Waals surface area contributed by atoms with E-state index in [0.717, 1.165) is 21.3 Å². The Balaban J connectivity index is 2.08. The number of halogens is 2. The van der Waals surface area contributed by atoms with Crippen LogP contribution in [0, 0.1) is 6.92 Å². The Morgan fingerprint density at radius 2 is 2.00 bits per heavy atom. The molecule has 0 aliphatic rings. The van der Waals surface area contributed by atoms with Gasteiger partial charge in [-0.2, -0.15) is 0 Å². The standard InChI is InChI=1S/C16H13BrClNO/c1-11-10-13(17)7-8-15(11)19-16(20)9-6-12-4-2-3-5-14(12)18/h2-10H,1H3,(H,19,20). The SMILES string of the molecule is Cc1cc(Br)ccc1NC(=O)C=Cc1ccccc1Cl. The Morgan fingerprint density at radius 3 is 2.70 bits per heavy atom. The van der Waals surface area contributed by atoms with Crippen LogP contribution in [-0.2, 0) is 4.79 Å². The van der Waals surface area contributed by atoms with Crippen LogP contribution in [0.2, 0.25) is 5.02 Å². The molecule has 0 bridgehead atoms. The van der Waals surface area contributed by atoms with Crippen LogP contribution in [0.4, 0.5) is 5.69 Å². The van der Waals surface area contributed by atoms with E-state index in [1.165, 1.54) is 6.08 Å². The second kappa shape index (κ2) is 6.73. The third-order valence-electron chi connectivity index (χ3n) is 2.77. The molecule has 20 heavy (non-hydrogen) atoms. The highest BCUT2D eigenvalue weighted by Gasteiger charge is 2.02. The summed E-state index contributed by atoms with van der Waals surface area (Å²) in [6, 6.07) is 13.1. The average molecular weight is 351 g/mol. The van der Waals surface area contributed by atoms with E-state index in [2.05, 4.69) is 21.2 Å². The number of carbonyl (C=O) groups is 1. The summed E-state index contributed by atoms with van der Waals surface area (Å²) in [6.45, 7) is 1.94. The molecule has 0 aliphatic carbocycles. The van der Waals surface area contributed by atoms with Gasteiger partial charge in [-0.25, -0.2) is 0 Å². The Morgan fingerprint density at radius 1 is 1.25 bits per heavy atom. The van der Waals surface area contributed by atoms with Crippen molar-refractivity contribution in [2.45, 2.75) is 6.92 Å². The van der Waals surface area contributed by atoms with Crippen LogP contribution in [0.1, 0.15) is 11.1 Å². The molecule has 0 unspecified atom stereocenters. The van der Waals surface area contributed by atoms with Crippen LogP contribution in [-0.4, -0.2) is 5.91 Å². The van der Waals surface area contributed by atoms with E-state index >= 15 is 0 Å². The minimum atomic E-state index is -0.185. The third-order valence-corrected chi connectivity index (χ3v) is 3.60. The second-order valence-corrected chi connectivity index (χ2v) is 5.63. The zero-order valence-corrected chi connectivity index (χ0v) is 13.2. The summed E-state index contributed by atoms with van der Waals surface area (Å²) in [4.78, 5) is 11.9. The van der Waals surface area contributed by atoms with Crippen molar-refractivity contribution in [3.05, 3.63) is 69.2 Å². The van der Waals surface area contributed by atoms with Gasteiger partial charge in [0.05, 0.1) is 0 Å². The molecule has 2 aromatic rings. The first-order valence-corrected chi connectivity index (χ1v) is 7.23. The van der Waals surface area contributed by atoms with Crippen LogP contribution >= 0.6 is 27.5 Å². The first-order chi connectivity index (χ1) is 9.56. The topological polar surface area (TPSA) is 29.1 Å². The Hall–Kier alpha value is -1.58. The van der Waals surface area contributed by atoms with Crippen molar-refractivity contribution >= 4 is 45.2 Å². The third kappa shape index (κ3) is 3.95. The van der Waals surface area contributed by atoms with Gasteiger partial charge in [0.25, 0.3) is 0 Å². The van der Waals surface area contributed by atoms with E-state index < -0.39 is 0 Å². The van der Waals surface area contributed by atoms with Gasteiger partial charge in [0.15, 0.2) is 0 Å². The highest BCUT2D eigenvalue weighted by atomic mass is 79.9. The van der Waals surface area contributed by atoms with E-state index in [-0.39, 0.29) is 5.91 Å². The summed E-state index contributed by atoms with van der Waals surface area (Å²) in [5, 5.41) is 3.46. The van der Waals surface area contributed by atoms with Gasteiger partial charge in [-0.15, -0.1) is 0 Å². The molecule has 0 aromatic heterocycles. The van der Waals surface area contributed by atoms with Gasteiger partial charge < -0.3 is 5.32 Å². The summed E-state index contributed by atoms with van der Waals surface area (Å²) < 4.78 is 0.986. The fourth-order valence-electron chi connectivity index (χ4n) is 1.72. The highest BCUT2D eigenvalue weighted by molar-refractivity contribution is 9.10. The predicted octanol–water partition coefficient (Wildman–Crippen LogP) is 5.06. The number of benzene rings is 2. The molecule has 2 aromatic carbocycles. The Labute approximate surface area is 131 Å². The fourth-order valence-corrected chi connectivity index (χ4v) is 2.39. The van der Waals surface area contributed by atoms with Crippen LogP contribution < -0.4 is 5.32 Å². The summed E-state index contributed by atoms with van der Waals surface area (Å²) in [5.74, 6) is -0.185. The average Bonchev–Trinajstić information content (AvgIpc) is 2.41. The number of hydrogen-bond acceptors (Lipinski definition) is 1. The van der Waals surface area contributed by atoms with E-state index in [9.17, 15) is 4.79 Å². The van der Waals surface area contributed by atoms with Gasteiger partial charge in [0, 0.05) is 21.3 Å². The molecule has 1 N–H and O–H groups in total. The maximum Gasteiger partial charge on any atom is 0.248 e. The molecule has 1 amide bonds. The summed E-state index contributed by atoms with van der Waals surface area (Å²) in [5.41, 5.74) is 2.61. The molecule has 0 radical (unpaired) electrons. The molecule has 4 heteroatoms. The van der Waals surface area contributed by atoms with Gasteiger partial charge in [0.2, 0.25) is 5.91 Å². The molecule has 0 saturated heterocycles. The van der Waals surface area contributed by atoms with Crippen molar-refractivity contribution in [3.8, 4) is 0 Å². The normalized spacial score (nSPS) is 10.8. The largest absolute Gasteiger partial charge is 0.322 e. The van der Waals surface area contributed by atoms with Crippen LogP contribution in [0.3, 0.4) is 0 Å². The molecule has 2 nitrogen and oxygen atoms in total. The first-order valence-electron chi connectivity index (χ1n) is 6.06. The zero-order chi connectivity index (χ0) is 14.5. The number of carbonyl (C=O) groups excluding carboxylic acids is 1. The highest BCUT2D eigenvalue weighted by Crippen LogP contribution is 2.20. The molecule has 0 atom stereocenters. The minimum Gasteiger partial charge on any atom is -0.322 e. The van der Waals surface area contributed by atoms with Crippen molar-refractivity contribution in [1.29, 1.82) is 0 Å². The van der Waals surface area contributed by atoms with Crippen LogP contribution in [0.5, 0.6) is 0 Å². The molecule has 0 spiro atoms. The lowest BCUT2D eigenvalue weighted by atomic mass is 10.2. The monoisotopic (exact) mass is 349 g/mol. The van der Waals surface area contributed by atoms with Gasteiger partial charge >= 0.3 is 0 Å². The smallest absolute Gasteiger partial charge is 0.248 e. The van der Waals surface area contributed by atoms with Crippen LogP contribution in [0.15, 0.2) is 53.0 Å². The number of rotatable bonds is 3. The number of aryl methyl sites for hydroxylation is 1. The maximum absolute atomic E-state index is 11.9. The molecule has 0 aliphatic heterocycles. The Bertz CT molecular complexity index is 667. The molecule has 102 valence electrons. The summed E-state index contributed by atoms with van der Waals surface area (Å²) in [6.07, 6.45) is 3.18. The number of nitrogens with one attached hydrogen (secondary N) is 1. The van der Waals surface area contributed by atoms with E-state index in [1.807, 2.05) is 43.3 Å². The van der Waals surface area contributed by atoms with Gasteiger partial charge in [-0.3, -0.25) is 4.79 Å². The Kier molecular flexibility index (Phi) is 4.99. The van der Waals surface area contributed by atoms with Crippen LogP contribution in [0.25, 0.3) is 6.08 Å². The summed E-state index contributed by atoms with van der Waals surface area (Å²) in [7, 11) is 0. The molecular formula is C16H13BrClNO. The van der Waals surface area contributed by atoms with Crippen molar-refractivity contribution in [3.63, 3.8) is 0 Å². The lowest BCUT2D eigenvalue weighted by molar-refractivity contribution is -0.111. The van der Waals surface area contributed by atoms with Crippen molar-refractivity contribution in [2.24, 2.45) is 0 Å². The molecule has 0 fully saturated rings. The van der Waals surface area contributed by atoms with Gasteiger partial charge in [-0.05, 0) is 48.4 Å². The van der Waals surface area contributed by atoms with Crippen molar-refractivity contribution in [2.75, 3.05) is 5.32 Å². The first kappa shape index (κ1) is 14.8. The van der Waals surface area contributed by atoms with Crippen molar-refractivity contribution in [1.82, 2.24) is 0 Å². The number of hydrogen-bond donors (Lipinski definition) is 1. The maximum atomic E-state index is 11.9. The van der Waals surface area contributed by atoms with Gasteiger partial charge in [-0.1, -0.05) is 45.7 Å². The molecular weight excluding hydrogens is 338 g/mol. The summed E-state index contributed by atoms with van der Waals surface area (Å²) >= 11 is 9.41. The lowest BCUT2D eigenvalue weighted by Gasteiger charge is -2.06. The minimum absolute atomic E-state index is 0.185. The zero-order valence-electron chi connectivity index (χ0n) is 10.9. The van der Waals surface area contributed by atoms with E-state index in [0.29, 0.717) is 5.02 Å². The number of anilines is 1. The second-order valence-electron chi connectivity index (χ2n) is 4.30. The van der Waals surface area contributed by atoms with E-state index in [4.69, 9.17) is 11.6 Å². The molecule has 2 rings (SSSR count). The predicted molar refractivity (Wildman–Crippen MR) is 88.0 cm³/mol. The van der Waals surface area contributed by atoms with Crippen molar-refractivity contribution < 1.29 is 4.79 Å².